The van der Waals surface area contributed by atoms with E-state index in [1.54, 1.807) is 23.9 Å². The third-order valence-corrected chi connectivity index (χ3v) is 4.70. The number of rotatable bonds is 6. The molecule has 0 atom stereocenters. The van der Waals surface area contributed by atoms with Crippen molar-refractivity contribution < 1.29 is 9.21 Å². The van der Waals surface area contributed by atoms with E-state index in [0.29, 0.717) is 5.82 Å². The van der Waals surface area contributed by atoms with Crippen molar-refractivity contribution in [2.75, 3.05) is 0 Å². The first-order chi connectivity index (χ1) is 11.6. The number of furan rings is 1. The molecule has 6 nitrogen and oxygen atoms in total. The van der Waals surface area contributed by atoms with E-state index in [-0.39, 0.29) is 18.2 Å². The van der Waals surface area contributed by atoms with Gasteiger partial charge in [-0.25, -0.2) is 0 Å². The summed E-state index contributed by atoms with van der Waals surface area (Å²) in [4.78, 5) is 11.9. The zero-order chi connectivity index (χ0) is 16.9. The van der Waals surface area contributed by atoms with Gasteiger partial charge in [0.15, 0.2) is 16.7 Å². The zero-order valence-electron chi connectivity index (χ0n) is 12.9. The minimum absolute atomic E-state index is 0.273. The van der Waals surface area contributed by atoms with Crippen LogP contribution in [-0.4, -0.2) is 20.7 Å². The molecule has 1 N–H and O–H groups in total. The summed E-state index contributed by atoms with van der Waals surface area (Å²) in [6, 6.07) is 11.0. The zero-order valence-corrected chi connectivity index (χ0v) is 14.5. The Hall–Kier alpha value is -2.25. The topological polar surface area (TPSA) is 73.0 Å². The van der Waals surface area contributed by atoms with Crippen molar-refractivity contribution in [3.8, 4) is 0 Å². The van der Waals surface area contributed by atoms with Crippen molar-refractivity contribution in [1.82, 2.24) is 20.1 Å². The Morgan fingerprint density at radius 3 is 2.79 bits per heavy atom. The third-order valence-electron chi connectivity index (χ3n) is 3.36. The summed E-state index contributed by atoms with van der Waals surface area (Å²) in [6.07, 6.45) is 1.46. The maximum atomic E-state index is 11.9. The summed E-state index contributed by atoms with van der Waals surface area (Å²) >= 11 is 7.45. The van der Waals surface area contributed by atoms with Crippen LogP contribution in [0.2, 0.25) is 5.02 Å². The van der Waals surface area contributed by atoms with Crippen LogP contribution in [0.4, 0.5) is 0 Å². The molecule has 2 heterocycles. The standard InChI is InChI=1S/C16H15ClN4O2S/c1-21-14(9-18-15(22)13-3-2-8-23-13)19-20-16(21)24-10-11-4-6-12(17)7-5-11/h2-8H,9-10H2,1H3,(H,18,22). The first-order valence-electron chi connectivity index (χ1n) is 7.20. The van der Waals surface area contributed by atoms with Gasteiger partial charge in [0.2, 0.25) is 0 Å². The van der Waals surface area contributed by atoms with Gasteiger partial charge in [-0.15, -0.1) is 10.2 Å². The number of halogens is 1. The Morgan fingerprint density at radius 1 is 1.29 bits per heavy atom. The molecule has 0 fully saturated rings. The molecule has 1 amide bonds. The number of thioether (sulfide) groups is 1. The molecule has 0 radical (unpaired) electrons. The van der Waals surface area contributed by atoms with Crippen LogP contribution in [0.15, 0.2) is 52.2 Å². The van der Waals surface area contributed by atoms with Gasteiger partial charge in [0.25, 0.3) is 5.91 Å². The number of hydrogen-bond acceptors (Lipinski definition) is 5. The predicted octanol–water partition coefficient (Wildman–Crippen LogP) is 3.28. The van der Waals surface area contributed by atoms with Crippen LogP contribution in [0.3, 0.4) is 0 Å². The Kier molecular flexibility index (Phi) is 5.22. The lowest BCUT2D eigenvalue weighted by molar-refractivity contribution is 0.0922. The number of nitrogens with one attached hydrogen (secondary N) is 1. The Bertz CT molecular complexity index is 815. The average molecular weight is 363 g/mol. The van der Waals surface area contributed by atoms with Crippen LogP contribution >= 0.6 is 23.4 Å². The summed E-state index contributed by atoms with van der Waals surface area (Å²) in [7, 11) is 1.87. The van der Waals surface area contributed by atoms with Gasteiger partial charge in [0.1, 0.15) is 0 Å². The fourth-order valence-corrected chi connectivity index (χ4v) is 3.02. The van der Waals surface area contributed by atoms with Gasteiger partial charge >= 0.3 is 0 Å². The lowest BCUT2D eigenvalue weighted by atomic mass is 10.2. The fourth-order valence-electron chi connectivity index (χ4n) is 2.01. The van der Waals surface area contributed by atoms with Gasteiger partial charge in [-0.2, -0.15) is 0 Å². The van der Waals surface area contributed by atoms with Crippen molar-refractivity contribution in [1.29, 1.82) is 0 Å². The number of amides is 1. The minimum Gasteiger partial charge on any atom is -0.459 e. The molecule has 0 spiro atoms. The van der Waals surface area contributed by atoms with E-state index >= 15 is 0 Å². The van der Waals surface area contributed by atoms with Crippen LogP contribution in [0.25, 0.3) is 0 Å². The lowest BCUT2D eigenvalue weighted by Crippen LogP contribution is -2.24. The molecule has 24 heavy (non-hydrogen) atoms. The van der Waals surface area contributed by atoms with Crippen molar-refractivity contribution in [2.45, 2.75) is 17.5 Å². The van der Waals surface area contributed by atoms with Crippen molar-refractivity contribution in [2.24, 2.45) is 7.05 Å². The van der Waals surface area contributed by atoms with Gasteiger partial charge in [0.05, 0.1) is 12.8 Å². The fraction of sp³-hybridized carbons (Fsp3) is 0.188. The van der Waals surface area contributed by atoms with Crippen LogP contribution in [-0.2, 0) is 19.3 Å². The summed E-state index contributed by atoms with van der Waals surface area (Å²) in [5.74, 6) is 1.43. The monoisotopic (exact) mass is 362 g/mol. The molecule has 1 aromatic carbocycles. The summed E-state index contributed by atoms with van der Waals surface area (Å²) in [6.45, 7) is 0.282. The highest BCUT2D eigenvalue weighted by molar-refractivity contribution is 7.98. The van der Waals surface area contributed by atoms with E-state index in [1.165, 1.54) is 6.26 Å². The van der Waals surface area contributed by atoms with E-state index in [1.807, 2.05) is 35.9 Å². The number of nitrogens with zero attached hydrogens (tertiary/aromatic N) is 3. The number of carbonyl (C=O) groups excluding carboxylic acids is 1. The van der Waals surface area contributed by atoms with Gasteiger partial charge in [0, 0.05) is 17.8 Å². The van der Waals surface area contributed by atoms with E-state index in [0.717, 1.165) is 21.5 Å². The van der Waals surface area contributed by atoms with Crippen molar-refractivity contribution in [3.63, 3.8) is 0 Å². The molecule has 0 unspecified atom stereocenters. The maximum Gasteiger partial charge on any atom is 0.287 e. The second kappa shape index (κ2) is 7.55. The molecule has 8 heteroatoms. The largest absolute Gasteiger partial charge is 0.459 e. The van der Waals surface area contributed by atoms with E-state index in [4.69, 9.17) is 16.0 Å². The van der Waals surface area contributed by atoms with Crippen LogP contribution in [0.5, 0.6) is 0 Å². The van der Waals surface area contributed by atoms with Crippen molar-refractivity contribution >= 4 is 29.3 Å². The number of hydrogen-bond donors (Lipinski definition) is 1. The van der Waals surface area contributed by atoms with Gasteiger partial charge in [-0.3, -0.25) is 4.79 Å². The number of carbonyl (C=O) groups is 1. The van der Waals surface area contributed by atoms with Crippen LogP contribution in [0, 0.1) is 0 Å². The summed E-state index contributed by atoms with van der Waals surface area (Å²) < 4.78 is 6.91. The van der Waals surface area contributed by atoms with Crippen LogP contribution in [0.1, 0.15) is 21.9 Å². The first kappa shape index (κ1) is 16.6. The van der Waals surface area contributed by atoms with Gasteiger partial charge < -0.3 is 14.3 Å². The van der Waals surface area contributed by atoms with E-state index in [2.05, 4.69) is 15.5 Å². The summed E-state index contributed by atoms with van der Waals surface area (Å²) in [5.41, 5.74) is 1.15. The molecule has 3 aromatic rings. The molecular formula is C16H15ClN4O2S. The predicted molar refractivity (Wildman–Crippen MR) is 91.9 cm³/mol. The second-order valence-corrected chi connectivity index (χ2v) is 6.41. The van der Waals surface area contributed by atoms with E-state index in [9.17, 15) is 4.79 Å². The molecule has 0 aliphatic rings. The van der Waals surface area contributed by atoms with Gasteiger partial charge in [-0.05, 0) is 29.8 Å². The maximum absolute atomic E-state index is 11.9. The Balaban J connectivity index is 1.57. The first-order valence-corrected chi connectivity index (χ1v) is 8.57. The number of benzene rings is 1. The molecule has 0 aliphatic carbocycles. The molecular weight excluding hydrogens is 348 g/mol. The lowest BCUT2D eigenvalue weighted by Gasteiger charge is -2.05. The molecule has 124 valence electrons. The third kappa shape index (κ3) is 3.98. The average Bonchev–Trinajstić information content (AvgIpc) is 3.23. The highest BCUT2D eigenvalue weighted by Crippen LogP contribution is 2.22. The quantitative estimate of drug-likeness (QED) is 0.681. The number of aromatic nitrogens is 3. The molecule has 0 bridgehead atoms. The molecule has 0 saturated carbocycles. The van der Waals surface area contributed by atoms with Crippen LogP contribution < -0.4 is 5.32 Å². The highest BCUT2D eigenvalue weighted by atomic mass is 35.5. The Labute approximate surface area is 148 Å². The molecule has 3 rings (SSSR count). The second-order valence-electron chi connectivity index (χ2n) is 5.03. The molecule has 0 saturated heterocycles. The minimum atomic E-state index is -0.279. The Morgan fingerprint density at radius 2 is 2.08 bits per heavy atom. The smallest absolute Gasteiger partial charge is 0.287 e. The highest BCUT2D eigenvalue weighted by Gasteiger charge is 2.12. The molecule has 0 aliphatic heterocycles. The molecule has 2 aromatic heterocycles. The van der Waals surface area contributed by atoms with Gasteiger partial charge in [-0.1, -0.05) is 35.5 Å². The normalized spacial score (nSPS) is 10.8. The summed E-state index contributed by atoms with van der Waals surface area (Å²) in [5, 5.41) is 12.5. The van der Waals surface area contributed by atoms with Crippen molar-refractivity contribution in [3.05, 3.63) is 64.8 Å². The SMILES string of the molecule is Cn1c(CNC(=O)c2ccco2)nnc1SCc1ccc(Cl)cc1. The van der Waals surface area contributed by atoms with E-state index < -0.39 is 0 Å².